The van der Waals surface area contributed by atoms with E-state index in [-0.39, 0.29) is 11.8 Å². The summed E-state index contributed by atoms with van der Waals surface area (Å²) in [5.41, 5.74) is 2.61. The molecule has 2 aromatic rings. The lowest BCUT2D eigenvalue weighted by atomic mass is 9.94. The van der Waals surface area contributed by atoms with Crippen molar-refractivity contribution in [3.63, 3.8) is 0 Å². The van der Waals surface area contributed by atoms with E-state index in [2.05, 4.69) is 10.6 Å². The molecule has 1 aliphatic heterocycles. The molecule has 3 rings (SSSR count). The van der Waals surface area contributed by atoms with Crippen molar-refractivity contribution >= 4 is 38.9 Å². The van der Waals surface area contributed by atoms with Gasteiger partial charge in [-0.25, -0.2) is 12.7 Å². The first kappa shape index (κ1) is 21.6. The maximum Gasteiger partial charge on any atom is 0.224 e. The maximum atomic E-state index is 12.4. The molecule has 0 atom stereocenters. The number of carbonyl (C=O) groups excluding carboxylic acids is 1. The van der Waals surface area contributed by atoms with Gasteiger partial charge < -0.3 is 10.6 Å². The molecular formula is C21H26ClN3O3S. The summed E-state index contributed by atoms with van der Waals surface area (Å²) in [5, 5.41) is 6.72. The molecule has 1 saturated heterocycles. The van der Waals surface area contributed by atoms with Crippen molar-refractivity contribution < 1.29 is 13.2 Å². The first-order valence-electron chi connectivity index (χ1n) is 9.63. The van der Waals surface area contributed by atoms with Crippen molar-refractivity contribution in [3.05, 3.63) is 59.1 Å². The van der Waals surface area contributed by atoms with Gasteiger partial charge in [-0.15, -0.1) is 0 Å². The molecule has 0 unspecified atom stereocenters. The fourth-order valence-electron chi connectivity index (χ4n) is 3.45. The average Bonchev–Trinajstić information content (AvgIpc) is 2.68. The molecule has 1 aliphatic rings. The summed E-state index contributed by atoms with van der Waals surface area (Å²) in [4.78, 5) is 12.4. The zero-order chi connectivity index (χ0) is 20.9. The van der Waals surface area contributed by atoms with Crippen molar-refractivity contribution in [3.8, 4) is 0 Å². The van der Waals surface area contributed by atoms with Crippen molar-refractivity contribution in [2.75, 3.05) is 30.0 Å². The number of hydrogen-bond acceptors (Lipinski definition) is 4. The van der Waals surface area contributed by atoms with E-state index >= 15 is 0 Å². The van der Waals surface area contributed by atoms with E-state index in [9.17, 15) is 13.2 Å². The first-order valence-corrected chi connectivity index (χ1v) is 11.9. The molecule has 1 amide bonds. The summed E-state index contributed by atoms with van der Waals surface area (Å²) in [6, 6.07) is 15.4. The topological polar surface area (TPSA) is 78.5 Å². The summed E-state index contributed by atoms with van der Waals surface area (Å²) in [6.45, 7) is 1.62. The normalized spacial score (nSPS) is 15.8. The van der Waals surface area contributed by atoms with Crippen LogP contribution in [0.25, 0.3) is 0 Å². The van der Waals surface area contributed by atoms with E-state index in [1.54, 1.807) is 6.07 Å². The lowest BCUT2D eigenvalue weighted by molar-refractivity contribution is -0.117. The number of nitrogens with zero attached hydrogens (tertiary/aromatic N) is 1. The molecule has 29 heavy (non-hydrogen) atoms. The van der Waals surface area contributed by atoms with Gasteiger partial charge in [0.1, 0.15) is 0 Å². The number of piperidine rings is 1. The number of anilines is 2. The molecule has 0 spiro atoms. The molecule has 6 nitrogen and oxygen atoms in total. The van der Waals surface area contributed by atoms with Crippen LogP contribution in [0.2, 0.25) is 5.02 Å². The van der Waals surface area contributed by atoms with Gasteiger partial charge in [0.2, 0.25) is 15.9 Å². The molecule has 0 radical (unpaired) electrons. The zero-order valence-electron chi connectivity index (χ0n) is 16.4. The Morgan fingerprint density at radius 1 is 1.14 bits per heavy atom. The van der Waals surface area contributed by atoms with E-state index in [1.807, 2.05) is 42.5 Å². The number of nitrogens with one attached hydrogen (secondary N) is 2. The smallest absolute Gasteiger partial charge is 0.224 e. The van der Waals surface area contributed by atoms with E-state index in [4.69, 9.17) is 11.6 Å². The van der Waals surface area contributed by atoms with Crippen molar-refractivity contribution in [2.45, 2.75) is 25.8 Å². The highest BCUT2D eigenvalue weighted by molar-refractivity contribution is 7.88. The van der Waals surface area contributed by atoms with Crippen LogP contribution in [0.1, 0.15) is 24.8 Å². The molecule has 0 saturated carbocycles. The molecule has 8 heteroatoms. The quantitative estimate of drug-likeness (QED) is 0.690. The minimum absolute atomic E-state index is 0.0798. The summed E-state index contributed by atoms with van der Waals surface area (Å²) in [6.07, 6.45) is 3.00. The molecular weight excluding hydrogens is 410 g/mol. The lowest BCUT2D eigenvalue weighted by Crippen LogP contribution is -2.38. The van der Waals surface area contributed by atoms with Crippen LogP contribution in [0.15, 0.2) is 48.5 Å². The van der Waals surface area contributed by atoms with E-state index in [1.165, 1.54) is 10.6 Å². The predicted octanol–water partition coefficient (Wildman–Crippen LogP) is 3.95. The van der Waals surface area contributed by atoms with Gasteiger partial charge in [-0.3, -0.25) is 4.79 Å². The lowest BCUT2D eigenvalue weighted by Gasteiger charge is -2.29. The van der Waals surface area contributed by atoms with Crippen molar-refractivity contribution in [1.29, 1.82) is 0 Å². The Kier molecular flexibility index (Phi) is 7.16. The zero-order valence-corrected chi connectivity index (χ0v) is 18.0. The third kappa shape index (κ3) is 6.45. The second-order valence-electron chi connectivity index (χ2n) is 7.39. The highest BCUT2D eigenvalue weighted by Gasteiger charge is 2.26. The molecule has 0 aliphatic carbocycles. The number of hydrogen-bond donors (Lipinski definition) is 2. The third-order valence-electron chi connectivity index (χ3n) is 5.10. The van der Waals surface area contributed by atoms with Gasteiger partial charge >= 0.3 is 0 Å². The van der Waals surface area contributed by atoms with E-state index in [0.717, 1.165) is 11.3 Å². The minimum Gasteiger partial charge on any atom is -0.380 e. The molecule has 0 aromatic heterocycles. The van der Waals surface area contributed by atoms with Gasteiger partial charge in [-0.1, -0.05) is 41.9 Å². The monoisotopic (exact) mass is 435 g/mol. The summed E-state index contributed by atoms with van der Waals surface area (Å²) in [7, 11) is -3.15. The van der Waals surface area contributed by atoms with Crippen LogP contribution >= 0.6 is 11.6 Å². The molecule has 156 valence electrons. The number of halogens is 1. The largest absolute Gasteiger partial charge is 0.380 e. The van der Waals surface area contributed by atoms with Crippen molar-refractivity contribution in [2.24, 2.45) is 5.92 Å². The Balaban J connectivity index is 1.49. The second kappa shape index (κ2) is 9.61. The molecule has 0 bridgehead atoms. The van der Waals surface area contributed by atoms with Gasteiger partial charge in [0.15, 0.2) is 0 Å². The van der Waals surface area contributed by atoms with Gasteiger partial charge in [0, 0.05) is 31.7 Å². The van der Waals surface area contributed by atoms with Gasteiger partial charge in [0.05, 0.1) is 17.0 Å². The predicted molar refractivity (Wildman–Crippen MR) is 118 cm³/mol. The van der Waals surface area contributed by atoms with E-state index in [0.29, 0.717) is 49.6 Å². The summed E-state index contributed by atoms with van der Waals surface area (Å²) < 4.78 is 24.6. The number of rotatable bonds is 7. The summed E-state index contributed by atoms with van der Waals surface area (Å²) in [5.74, 6) is 0.110. The van der Waals surface area contributed by atoms with Crippen LogP contribution in [0.5, 0.6) is 0 Å². The Morgan fingerprint density at radius 3 is 2.45 bits per heavy atom. The Bertz CT molecular complexity index is 943. The molecule has 1 heterocycles. The minimum atomic E-state index is -3.15. The number of amides is 1. The van der Waals surface area contributed by atoms with Gasteiger partial charge in [-0.05, 0) is 42.5 Å². The van der Waals surface area contributed by atoms with Crippen LogP contribution in [0.4, 0.5) is 11.4 Å². The average molecular weight is 436 g/mol. The Labute approximate surface area is 177 Å². The molecule has 2 N–H and O–H groups in total. The third-order valence-corrected chi connectivity index (χ3v) is 6.71. The Hall–Kier alpha value is -2.09. The van der Waals surface area contributed by atoms with Crippen molar-refractivity contribution in [1.82, 2.24) is 4.31 Å². The summed E-state index contributed by atoms with van der Waals surface area (Å²) >= 11 is 6.35. The standard InChI is InChI=1S/C21H26ClN3O3S/c1-29(27,28)25-11-9-16(10-12-25)13-21(26)24-18-7-8-20(19(22)14-18)23-15-17-5-3-2-4-6-17/h2-8,14,16,23H,9-13,15H2,1H3,(H,24,26). The molecule has 1 fully saturated rings. The SMILES string of the molecule is CS(=O)(=O)N1CCC(CC(=O)Nc2ccc(NCc3ccccc3)c(Cl)c2)CC1. The maximum absolute atomic E-state index is 12.4. The number of carbonyl (C=O) groups is 1. The molecule has 2 aromatic carbocycles. The highest BCUT2D eigenvalue weighted by Crippen LogP contribution is 2.27. The van der Waals surface area contributed by atoms with Gasteiger partial charge in [-0.2, -0.15) is 0 Å². The highest BCUT2D eigenvalue weighted by atomic mass is 35.5. The number of benzene rings is 2. The van der Waals surface area contributed by atoms with Crippen LogP contribution in [0, 0.1) is 5.92 Å². The second-order valence-corrected chi connectivity index (χ2v) is 9.78. The van der Waals surface area contributed by atoms with Crippen LogP contribution in [0.3, 0.4) is 0 Å². The van der Waals surface area contributed by atoms with Crippen LogP contribution in [-0.4, -0.2) is 38.0 Å². The van der Waals surface area contributed by atoms with Crippen LogP contribution in [-0.2, 0) is 21.4 Å². The fraction of sp³-hybridized carbons (Fsp3) is 0.381. The van der Waals surface area contributed by atoms with E-state index < -0.39 is 10.0 Å². The first-order chi connectivity index (χ1) is 13.8. The Morgan fingerprint density at radius 2 is 1.83 bits per heavy atom. The van der Waals surface area contributed by atoms with Crippen LogP contribution < -0.4 is 10.6 Å². The fourth-order valence-corrected chi connectivity index (χ4v) is 4.57. The number of sulfonamides is 1. The van der Waals surface area contributed by atoms with Gasteiger partial charge in [0.25, 0.3) is 0 Å².